The molecule has 0 radical (unpaired) electrons. The van der Waals surface area contributed by atoms with Gasteiger partial charge in [0, 0.05) is 19.0 Å². The molecule has 0 amide bonds. The van der Waals surface area contributed by atoms with E-state index in [0.717, 1.165) is 24.8 Å². The molecule has 0 heterocycles. The first-order valence-corrected chi connectivity index (χ1v) is 5.64. The third-order valence-electron chi connectivity index (χ3n) is 3.39. The molecule has 74 valence electrons. The van der Waals surface area contributed by atoms with Crippen molar-refractivity contribution in [1.29, 1.82) is 5.41 Å². The molecule has 2 aliphatic carbocycles. The normalized spacial score (nSPS) is 22.5. The summed E-state index contributed by atoms with van der Waals surface area (Å²) in [5.74, 6) is 2.45. The summed E-state index contributed by atoms with van der Waals surface area (Å²) in [6, 6.07) is 0. The SMILES string of the molecule is CCN(CC1CCC1)C(=N)C1CC1. The van der Waals surface area contributed by atoms with Crippen LogP contribution in [0.25, 0.3) is 0 Å². The Bertz CT molecular complexity index is 192. The summed E-state index contributed by atoms with van der Waals surface area (Å²) in [5.41, 5.74) is 0. The second-order valence-electron chi connectivity index (χ2n) is 4.50. The van der Waals surface area contributed by atoms with Gasteiger partial charge < -0.3 is 4.90 Å². The highest BCUT2D eigenvalue weighted by Gasteiger charge is 2.31. The van der Waals surface area contributed by atoms with Crippen LogP contribution in [0.4, 0.5) is 0 Å². The summed E-state index contributed by atoms with van der Waals surface area (Å²) in [6.45, 7) is 4.37. The summed E-state index contributed by atoms with van der Waals surface area (Å²) in [7, 11) is 0. The molecule has 2 aliphatic rings. The Hall–Kier alpha value is -0.530. The minimum absolute atomic E-state index is 0.625. The van der Waals surface area contributed by atoms with Crippen molar-refractivity contribution in [3.8, 4) is 0 Å². The van der Waals surface area contributed by atoms with Crippen LogP contribution in [0.5, 0.6) is 0 Å². The average Bonchev–Trinajstić information content (AvgIpc) is 2.84. The minimum Gasteiger partial charge on any atom is -0.360 e. The predicted molar refractivity (Wildman–Crippen MR) is 55.0 cm³/mol. The summed E-state index contributed by atoms with van der Waals surface area (Å²) in [6.07, 6.45) is 6.74. The second kappa shape index (κ2) is 3.69. The van der Waals surface area contributed by atoms with Crippen LogP contribution in [0.2, 0.25) is 0 Å². The van der Waals surface area contributed by atoms with Gasteiger partial charge in [-0.05, 0) is 38.5 Å². The van der Waals surface area contributed by atoms with Crippen LogP contribution < -0.4 is 0 Å². The molecular weight excluding hydrogens is 160 g/mol. The topological polar surface area (TPSA) is 27.1 Å². The van der Waals surface area contributed by atoms with Gasteiger partial charge in [0.2, 0.25) is 0 Å². The number of rotatable bonds is 4. The van der Waals surface area contributed by atoms with E-state index in [1.807, 2.05) is 0 Å². The van der Waals surface area contributed by atoms with Crippen molar-refractivity contribution >= 4 is 5.84 Å². The van der Waals surface area contributed by atoms with Gasteiger partial charge in [-0.15, -0.1) is 0 Å². The van der Waals surface area contributed by atoms with Crippen LogP contribution in [0.15, 0.2) is 0 Å². The summed E-state index contributed by atoms with van der Waals surface area (Å²) >= 11 is 0. The van der Waals surface area contributed by atoms with Crippen molar-refractivity contribution in [2.24, 2.45) is 11.8 Å². The predicted octanol–water partition coefficient (Wildman–Crippen LogP) is 2.50. The first-order valence-electron chi connectivity index (χ1n) is 5.64. The molecule has 2 fully saturated rings. The van der Waals surface area contributed by atoms with Crippen molar-refractivity contribution in [3.05, 3.63) is 0 Å². The van der Waals surface area contributed by atoms with Gasteiger partial charge in [0.15, 0.2) is 0 Å². The van der Waals surface area contributed by atoms with Crippen molar-refractivity contribution in [2.45, 2.75) is 39.0 Å². The highest BCUT2D eigenvalue weighted by Crippen LogP contribution is 2.33. The van der Waals surface area contributed by atoms with E-state index in [4.69, 9.17) is 5.41 Å². The van der Waals surface area contributed by atoms with E-state index in [9.17, 15) is 0 Å². The van der Waals surface area contributed by atoms with Gasteiger partial charge in [0.25, 0.3) is 0 Å². The van der Waals surface area contributed by atoms with E-state index in [-0.39, 0.29) is 0 Å². The monoisotopic (exact) mass is 180 g/mol. The Morgan fingerprint density at radius 2 is 2.00 bits per heavy atom. The molecule has 0 aromatic rings. The molecule has 0 bridgehead atoms. The molecule has 0 aliphatic heterocycles. The maximum atomic E-state index is 7.98. The highest BCUT2D eigenvalue weighted by atomic mass is 15.2. The Morgan fingerprint density at radius 1 is 1.31 bits per heavy atom. The van der Waals surface area contributed by atoms with E-state index in [1.165, 1.54) is 32.1 Å². The molecular formula is C11H20N2. The quantitative estimate of drug-likeness (QED) is 0.522. The summed E-state index contributed by atoms with van der Waals surface area (Å²) in [4.78, 5) is 2.29. The Kier molecular flexibility index (Phi) is 2.56. The van der Waals surface area contributed by atoms with Crippen LogP contribution in [-0.2, 0) is 0 Å². The molecule has 2 heteroatoms. The Labute approximate surface area is 80.8 Å². The lowest BCUT2D eigenvalue weighted by molar-refractivity contribution is 0.241. The fraction of sp³-hybridized carbons (Fsp3) is 0.909. The van der Waals surface area contributed by atoms with E-state index in [0.29, 0.717) is 5.92 Å². The molecule has 1 N–H and O–H groups in total. The molecule has 0 aromatic heterocycles. The lowest BCUT2D eigenvalue weighted by Gasteiger charge is -2.33. The number of nitrogens with one attached hydrogen (secondary N) is 1. The summed E-state index contributed by atoms with van der Waals surface area (Å²) in [5, 5.41) is 7.98. The van der Waals surface area contributed by atoms with E-state index in [2.05, 4.69) is 11.8 Å². The smallest absolute Gasteiger partial charge is 0.0989 e. The standard InChI is InChI=1S/C11H20N2/c1-2-13(8-9-4-3-5-9)11(12)10-6-7-10/h9-10,12H,2-8H2,1H3. The molecule has 13 heavy (non-hydrogen) atoms. The van der Waals surface area contributed by atoms with Crippen LogP contribution >= 0.6 is 0 Å². The number of hydrogen-bond acceptors (Lipinski definition) is 1. The van der Waals surface area contributed by atoms with Crippen molar-refractivity contribution in [3.63, 3.8) is 0 Å². The van der Waals surface area contributed by atoms with Gasteiger partial charge in [0.05, 0.1) is 5.84 Å². The van der Waals surface area contributed by atoms with E-state index < -0.39 is 0 Å². The maximum absolute atomic E-state index is 7.98. The van der Waals surface area contributed by atoms with Gasteiger partial charge in [0.1, 0.15) is 0 Å². The third-order valence-corrected chi connectivity index (χ3v) is 3.39. The number of amidine groups is 1. The van der Waals surface area contributed by atoms with Crippen LogP contribution in [0.3, 0.4) is 0 Å². The molecule has 2 rings (SSSR count). The van der Waals surface area contributed by atoms with Crippen LogP contribution in [0, 0.1) is 17.2 Å². The maximum Gasteiger partial charge on any atom is 0.0989 e. The zero-order valence-electron chi connectivity index (χ0n) is 8.55. The summed E-state index contributed by atoms with van der Waals surface area (Å²) < 4.78 is 0. The van der Waals surface area contributed by atoms with Gasteiger partial charge in [-0.3, -0.25) is 5.41 Å². The lowest BCUT2D eigenvalue weighted by Crippen LogP contribution is -2.37. The fourth-order valence-corrected chi connectivity index (χ4v) is 2.00. The van der Waals surface area contributed by atoms with Crippen molar-refractivity contribution in [1.82, 2.24) is 4.90 Å². The lowest BCUT2D eigenvalue weighted by atomic mass is 9.85. The first kappa shape index (κ1) is 9.04. The van der Waals surface area contributed by atoms with Gasteiger partial charge in [-0.25, -0.2) is 0 Å². The largest absolute Gasteiger partial charge is 0.360 e. The van der Waals surface area contributed by atoms with Crippen molar-refractivity contribution in [2.75, 3.05) is 13.1 Å². The first-order chi connectivity index (χ1) is 6.31. The van der Waals surface area contributed by atoms with E-state index >= 15 is 0 Å². The van der Waals surface area contributed by atoms with Crippen molar-refractivity contribution < 1.29 is 0 Å². The molecule has 2 nitrogen and oxygen atoms in total. The molecule has 0 unspecified atom stereocenters. The third kappa shape index (κ3) is 2.04. The van der Waals surface area contributed by atoms with Gasteiger partial charge >= 0.3 is 0 Å². The Balaban J connectivity index is 1.80. The van der Waals surface area contributed by atoms with Crippen LogP contribution in [-0.4, -0.2) is 23.8 Å². The zero-order valence-corrected chi connectivity index (χ0v) is 8.55. The van der Waals surface area contributed by atoms with Gasteiger partial charge in [-0.2, -0.15) is 0 Å². The average molecular weight is 180 g/mol. The zero-order chi connectivity index (χ0) is 9.26. The molecule has 0 spiro atoms. The Morgan fingerprint density at radius 3 is 2.38 bits per heavy atom. The molecule has 0 aromatic carbocycles. The number of hydrogen-bond donors (Lipinski definition) is 1. The fourth-order valence-electron chi connectivity index (χ4n) is 2.00. The van der Waals surface area contributed by atoms with Gasteiger partial charge in [-0.1, -0.05) is 6.42 Å². The molecule has 0 atom stereocenters. The minimum atomic E-state index is 0.625. The molecule has 2 saturated carbocycles. The second-order valence-corrected chi connectivity index (χ2v) is 4.50. The highest BCUT2D eigenvalue weighted by molar-refractivity contribution is 5.83. The van der Waals surface area contributed by atoms with Crippen LogP contribution in [0.1, 0.15) is 39.0 Å². The van der Waals surface area contributed by atoms with E-state index in [1.54, 1.807) is 0 Å². The molecule has 0 saturated heterocycles. The number of nitrogens with zero attached hydrogens (tertiary/aromatic N) is 1.